The molecule has 0 bridgehead atoms. The van der Waals surface area contributed by atoms with Gasteiger partial charge in [-0.1, -0.05) is 65.0 Å². The van der Waals surface area contributed by atoms with Crippen molar-refractivity contribution in [2.75, 3.05) is 12.4 Å². The second-order valence-electron chi connectivity index (χ2n) is 10.1. The maximum absolute atomic E-state index is 12.3. The van der Waals surface area contributed by atoms with Crippen molar-refractivity contribution < 1.29 is 17.9 Å². The van der Waals surface area contributed by atoms with E-state index >= 15 is 0 Å². The quantitative estimate of drug-likeness (QED) is 0.432. The topological polar surface area (TPSA) is 72.5 Å². The molecular formula is C28H41NO4S. The van der Waals surface area contributed by atoms with Crippen molar-refractivity contribution in [1.82, 2.24) is 4.72 Å². The zero-order chi connectivity index (χ0) is 25.7. The first-order valence-electron chi connectivity index (χ1n) is 12.1. The third-order valence-corrected chi connectivity index (χ3v) is 8.23. The summed E-state index contributed by atoms with van der Waals surface area (Å²) < 4.78 is 32.2. The predicted octanol–water partition coefficient (Wildman–Crippen LogP) is 5.84. The van der Waals surface area contributed by atoms with Crippen LogP contribution in [0, 0.1) is 19.3 Å². The first-order valence-corrected chi connectivity index (χ1v) is 13.8. The smallest absolute Gasteiger partial charge is 0.211 e. The number of carbonyl (C=O) groups excluding carboxylic acids is 1. The van der Waals surface area contributed by atoms with Crippen LogP contribution >= 0.6 is 0 Å². The van der Waals surface area contributed by atoms with Crippen LogP contribution in [0.1, 0.15) is 82.2 Å². The molecule has 0 aromatic heterocycles. The average molecular weight is 488 g/mol. The van der Waals surface area contributed by atoms with Gasteiger partial charge in [-0.05, 0) is 67.5 Å². The molecule has 0 saturated heterocycles. The van der Waals surface area contributed by atoms with Crippen molar-refractivity contribution in [2.45, 2.75) is 80.2 Å². The monoisotopic (exact) mass is 487 g/mol. The highest BCUT2D eigenvalue weighted by molar-refractivity contribution is 7.89. The highest BCUT2D eigenvalue weighted by Gasteiger charge is 2.31. The van der Waals surface area contributed by atoms with Gasteiger partial charge in [0.1, 0.15) is 12.4 Å². The van der Waals surface area contributed by atoms with Gasteiger partial charge in [-0.25, -0.2) is 13.1 Å². The van der Waals surface area contributed by atoms with Crippen molar-refractivity contribution >= 4 is 15.8 Å². The predicted molar refractivity (Wildman–Crippen MR) is 140 cm³/mol. The Morgan fingerprint density at radius 2 is 1.47 bits per heavy atom. The molecule has 0 fully saturated rings. The lowest BCUT2D eigenvalue weighted by atomic mass is 9.70. The molecule has 2 aromatic carbocycles. The molecule has 0 aliphatic carbocycles. The number of ether oxygens (including phenoxy) is 1. The van der Waals surface area contributed by atoms with E-state index in [0.717, 1.165) is 35.3 Å². The minimum Gasteiger partial charge on any atom is -0.486 e. The van der Waals surface area contributed by atoms with Gasteiger partial charge < -0.3 is 4.74 Å². The third kappa shape index (κ3) is 6.48. The summed E-state index contributed by atoms with van der Waals surface area (Å²) in [4.78, 5) is 12.3. The molecule has 6 heteroatoms. The number of benzene rings is 2. The van der Waals surface area contributed by atoms with Gasteiger partial charge in [-0.3, -0.25) is 4.79 Å². The number of rotatable bonds is 11. The minimum absolute atomic E-state index is 0.0683. The molecule has 188 valence electrons. The maximum Gasteiger partial charge on any atom is 0.211 e. The zero-order valence-corrected chi connectivity index (χ0v) is 22.9. The Morgan fingerprint density at radius 1 is 0.912 bits per heavy atom. The summed E-state index contributed by atoms with van der Waals surface area (Å²) in [5.74, 6) is 0.879. The second-order valence-corrected chi connectivity index (χ2v) is 12.2. The first kappa shape index (κ1) is 28.1. The Hall–Kier alpha value is -2.18. The Labute approximate surface area is 206 Å². The van der Waals surface area contributed by atoms with E-state index in [0.29, 0.717) is 6.54 Å². The Balaban J connectivity index is 2.34. The van der Waals surface area contributed by atoms with E-state index in [1.165, 1.54) is 11.1 Å². The van der Waals surface area contributed by atoms with Gasteiger partial charge in [0.05, 0.1) is 5.75 Å². The van der Waals surface area contributed by atoms with Gasteiger partial charge >= 0.3 is 0 Å². The lowest BCUT2D eigenvalue weighted by molar-refractivity contribution is -0.128. The molecule has 0 amide bonds. The molecule has 0 heterocycles. The molecule has 2 rings (SSSR count). The van der Waals surface area contributed by atoms with Crippen LogP contribution in [0.4, 0.5) is 0 Å². The lowest BCUT2D eigenvalue weighted by Gasteiger charge is -2.34. The summed E-state index contributed by atoms with van der Waals surface area (Å²) in [6.45, 7) is 16.1. The van der Waals surface area contributed by atoms with Crippen molar-refractivity contribution in [3.63, 3.8) is 0 Å². The van der Waals surface area contributed by atoms with Crippen molar-refractivity contribution in [3.05, 3.63) is 64.2 Å². The summed E-state index contributed by atoms with van der Waals surface area (Å²) in [6, 6.07) is 12.6. The van der Waals surface area contributed by atoms with Gasteiger partial charge in [0.15, 0.2) is 5.78 Å². The van der Waals surface area contributed by atoms with Gasteiger partial charge in [-0.2, -0.15) is 0 Å². The minimum atomic E-state index is -3.24. The number of hydrogen-bond donors (Lipinski definition) is 1. The summed E-state index contributed by atoms with van der Waals surface area (Å²) in [5.41, 5.74) is 4.89. The highest BCUT2D eigenvalue weighted by atomic mass is 32.2. The Kier molecular flexibility index (Phi) is 9.11. The number of Topliss-reactive ketones (excluding diaryl/α,β-unsaturated/α-hetero) is 1. The van der Waals surface area contributed by atoms with E-state index in [9.17, 15) is 13.2 Å². The van der Waals surface area contributed by atoms with Gasteiger partial charge in [0, 0.05) is 17.4 Å². The molecule has 0 spiro atoms. The van der Waals surface area contributed by atoms with E-state index in [1.807, 2.05) is 46.8 Å². The standard InChI is InChI=1S/C28H41NO4S/c1-9-28(10-2,23-13-12-22(20(4)16-23)18-29-34(31,32)11-3)24-14-15-25(21(5)17-24)33-19-26(30)27(6,7)8/h12-17,29H,9-11,18-19H2,1-8H3. The molecule has 2 aromatic rings. The SMILES string of the molecule is CCC(CC)(c1ccc(CNS(=O)(=O)CC)c(C)c1)c1ccc(OCC(=O)C(C)(C)C)c(C)c1. The summed E-state index contributed by atoms with van der Waals surface area (Å²) in [6.07, 6.45) is 1.85. The number of ketones is 1. The van der Waals surface area contributed by atoms with E-state index in [2.05, 4.69) is 42.8 Å². The normalized spacial score (nSPS) is 12.6. The Morgan fingerprint density at radius 3 is 1.94 bits per heavy atom. The fraction of sp³-hybridized carbons (Fsp3) is 0.536. The molecule has 0 unspecified atom stereocenters. The number of sulfonamides is 1. The summed E-state index contributed by atoms with van der Waals surface area (Å²) in [5, 5.41) is 0. The molecule has 0 atom stereocenters. The van der Waals surface area contributed by atoms with Crippen LogP contribution < -0.4 is 9.46 Å². The van der Waals surface area contributed by atoms with Gasteiger partial charge in [-0.15, -0.1) is 0 Å². The average Bonchev–Trinajstić information content (AvgIpc) is 2.78. The molecule has 0 saturated carbocycles. The summed E-state index contributed by atoms with van der Waals surface area (Å²) >= 11 is 0. The molecule has 0 aliphatic rings. The lowest BCUT2D eigenvalue weighted by Crippen LogP contribution is -2.28. The van der Waals surface area contributed by atoms with Crippen molar-refractivity contribution in [1.29, 1.82) is 0 Å². The van der Waals surface area contributed by atoms with E-state index in [4.69, 9.17) is 4.74 Å². The van der Waals surface area contributed by atoms with Crippen LogP contribution in [0.2, 0.25) is 0 Å². The van der Waals surface area contributed by atoms with Crippen molar-refractivity contribution in [3.8, 4) is 5.75 Å². The van der Waals surface area contributed by atoms with E-state index < -0.39 is 15.4 Å². The fourth-order valence-corrected chi connectivity index (χ4v) is 4.76. The number of carbonyl (C=O) groups is 1. The molecule has 34 heavy (non-hydrogen) atoms. The first-order chi connectivity index (χ1) is 15.8. The van der Waals surface area contributed by atoms with Crippen LogP contribution in [0.3, 0.4) is 0 Å². The van der Waals surface area contributed by atoms with Crippen LogP contribution in [0.5, 0.6) is 5.75 Å². The highest BCUT2D eigenvalue weighted by Crippen LogP contribution is 2.41. The van der Waals surface area contributed by atoms with Crippen LogP contribution in [-0.2, 0) is 26.8 Å². The van der Waals surface area contributed by atoms with Crippen LogP contribution in [-0.4, -0.2) is 26.6 Å². The number of nitrogens with one attached hydrogen (secondary N) is 1. The second kappa shape index (κ2) is 11.0. The van der Waals surface area contributed by atoms with Crippen molar-refractivity contribution in [2.24, 2.45) is 5.41 Å². The molecule has 5 nitrogen and oxygen atoms in total. The molecular weight excluding hydrogens is 446 g/mol. The summed E-state index contributed by atoms with van der Waals surface area (Å²) in [7, 11) is -3.24. The number of hydrogen-bond acceptors (Lipinski definition) is 4. The van der Waals surface area contributed by atoms with E-state index in [1.54, 1.807) is 6.92 Å². The molecule has 0 aliphatic heterocycles. The van der Waals surface area contributed by atoms with Gasteiger partial charge in [0.2, 0.25) is 10.0 Å². The maximum atomic E-state index is 12.3. The van der Waals surface area contributed by atoms with Gasteiger partial charge in [0.25, 0.3) is 0 Å². The van der Waals surface area contributed by atoms with E-state index in [-0.39, 0.29) is 23.6 Å². The number of aryl methyl sites for hydroxylation is 2. The largest absolute Gasteiger partial charge is 0.486 e. The fourth-order valence-electron chi connectivity index (χ4n) is 4.18. The molecule has 0 radical (unpaired) electrons. The van der Waals surface area contributed by atoms with Crippen LogP contribution in [0.15, 0.2) is 36.4 Å². The molecule has 1 N–H and O–H groups in total. The Bertz CT molecular complexity index is 1110. The third-order valence-electron chi connectivity index (χ3n) is 6.89. The zero-order valence-electron chi connectivity index (χ0n) is 22.0. The van der Waals surface area contributed by atoms with Crippen LogP contribution in [0.25, 0.3) is 0 Å².